The van der Waals surface area contributed by atoms with Crippen molar-refractivity contribution in [3.05, 3.63) is 0 Å². The molecule has 0 aromatic heterocycles. The van der Waals surface area contributed by atoms with Crippen molar-refractivity contribution in [2.45, 2.75) is 51.0 Å². The van der Waals surface area contributed by atoms with Gasteiger partial charge in [-0.05, 0) is 38.5 Å². The largest absolute Gasteiger partial charge is 0.390 e. The molecule has 1 amide bonds. The number of carbonyl (C=O) groups excluding carboxylic acids is 1. The van der Waals surface area contributed by atoms with E-state index in [2.05, 4.69) is 0 Å². The Bertz CT molecular complexity index is 236. The van der Waals surface area contributed by atoms with Crippen molar-refractivity contribution in [2.75, 3.05) is 13.1 Å². The third-order valence-corrected chi connectivity index (χ3v) is 3.88. The summed E-state index contributed by atoms with van der Waals surface area (Å²) in [5.74, 6) is 0.954. The zero-order valence-corrected chi connectivity index (χ0v) is 9.54. The van der Waals surface area contributed by atoms with E-state index in [4.69, 9.17) is 0 Å². The van der Waals surface area contributed by atoms with Crippen molar-refractivity contribution in [1.82, 2.24) is 4.90 Å². The van der Waals surface area contributed by atoms with Crippen molar-refractivity contribution < 1.29 is 9.90 Å². The highest BCUT2D eigenvalue weighted by molar-refractivity contribution is 5.76. The average molecular weight is 211 g/mol. The maximum atomic E-state index is 11.9. The lowest BCUT2D eigenvalue weighted by molar-refractivity contribution is -0.136. The summed E-state index contributed by atoms with van der Waals surface area (Å²) in [5, 5.41) is 9.78. The van der Waals surface area contributed by atoms with Crippen LogP contribution < -0.4 is 0 Å². The van der Waals surface area contributed by atoms with Gasteiger partial charge in [-0.1, -0.05) is 6.42 Å². The van der Waals surface area contributed by atoms with Gasteiger partial charge in [0.25, 0.3) is 0 Å². The second-order valence-corrected chi connectivity index (χ2v) is 5.38. The van der Waals surface area contributed by atoms with E-state index in [0.29, 0.717) is 11.8 Å². The Morgan fingerprint density at radius 2 is 2.00 bits per heavy atom. The third kappa shape index (κ3) is 2.71. The summed E-state index contributed by atoms with van der Waals surface area (Å²) in [5.41, 5.74) is -0.548. The number of carbonyl (C=O) groups is 1. The molecule has 1 aliphatic heterocycles. The fourth-order valence-electron chi connectivity index (χ4n) is 2.31. The van der Waals surface area contributed by atoms with Crippen LogP contribution in [-0.2, 0) is 4.79 Å². The van der Waals surface area contributed by atoms with Gasteiger partial charge in [-0.15, -0.1) is 0 Å². The molecule has 0 unspecified atom stereocenters. The number of amides is 1. The van der Waals surface area contributed by atoms with Crippen molar-refractivity contribution in [1.29, 1.82) is 0 Å². The molecule has 1 saturated carbocycles. The minimum atomic E-state index is -0.548. The van der Waals surface area contributed by atoms with Gasteiger partial charge in [-0.3, -0.25) is 4.79 Å². The fourth-order valence-corrected chi connectivity index (χ4v) is 2.31. The van der Waals surface area contributed by atoms with Crippen molar-refractivity contribution in [3.63, 3.8) is 0 Å². The van der Waals surface area contributed by atoms with Gasteiger partial charge in [0, 0.05) is 19.5 Å². The average Bonchev–Trinajstić information content (AvgIpc) is 2.11. The molecule has 0 aromatic rings. The molecule has 15 heavy (non-hydrogen) atoms. The van der Waals surface area contributed by atoms with Gasteiger partial charge in [0.2, 0.25) is 5.91 Å². The molecule has 0 radical (unpaired) electrons. The molecular weight excluding hydrogens is 190 g/mol. The lowest BCUT2D eigenvalue weighted by Gasteiger charge is -2.37. The molecule has 86 valence electrons. The van der Waals surface area contributed by atoms with Gasteiger partial charge in [-0.25, -0.2) is 0 Å². The van der Waals surface area contributed by atoms with Gasteiger partial charge in [-0.2, -0.15) is 0 Å². The minimum absolute atomic E-state index is 0.301. The van der Waals surface area contributed by atoms with Crippen LogP contribution in [0.5, 0.6) is 0 Å². The highest BCUT2D eigenvalue weighted by Crippen LogP contribution is 2.30. The molecule has 0 bridgehead atoms. The first-order chi connectivity index (χ1) is 7.07. The highest BCUT2D eigenvalue weighted by Gasteiger charge is 2.31. The summed E-state index contributed by atoms with van der Waals surface area (Å²) >= 11 is 0. The SMILES string of the molecule is CC1(O)CCN(C(=O)CC2CCC2)CC1. The van der Waals surface area contributed by atoms with Gasteiger partial charge >= 0.3 is 0 Å². The molecule has 1 heterocycles. The van der Waals surface area contributed by atoms with Crippen LogP contribution in [0.15, 0.2) is 0 Å². The highest BCUT2D eigenvalue weighted by atomic mass is 16.3. The predicted octanol–water partition coefficient (Wildman–Crippen LogP) is 1.55. The van der Waals surface area contributed by atoms with E-state index in [1.165, 1.54) is 19.3 Å². The molecule has 2 aliphatic rings. The smallest absolute Gasteiger partial charge is 0.222 e. The van der Waals surface area contributed by atoms with Crippen LogP contribution in [0.4, 0.5) is 0 Å². The van der Waals surface area contributed by atoms with Crippen LogP contribution in [0.25, 0.3) is 0 Å². The van der Waals surface area contributed by atoms with Gasteiger partial charge in [0.15, 0.2) is 0 Å². The number of hydrogen-bond donors (Lipinski definition) is 1. The number of piperidine rings is 1. The second-order valence-electron chi connectivity index (χ2n) is 5.38. The zero-order valence-electron chi connectivity index (χ0n) is 9.54. The number of hydrogen-bond acceptors (Lipinski definition) is 2. The first-order valence-corrected chi connectivity index (χ1v) is 6.07. The van der Waals surface area contributed by atoms with Gasteiger partial charge in [0.1, 0.15) is 0 Å². The summed E-state index contributed by atoms with van der Waals surface area (Å²) in [6.07, 6.45) is 5.95. The first-order valence-electron chi connectivity index (χ1n) is 6.07. The lowest BCUT2D eigenvalue weighted by atomic mass is 9.82. The van der Waals surface area contributed by atoms with E-state index in [1.807, 2.05) is 11.8 Å². The Morgan fingerprint density at radius 1 is 1.40 bits per heavy atom. The van der Waals surface area contributed by atoms with E-state index in [9.17, 15) is 9.90 Å². The van der Waals surface area contributed by atoms with Crippen LogP contribution in [0.2, 0.25) is 0 Å². The summed E-state index contributed by atoms with van der Waals surface area (Å²) in [6, 6.07) is 0. The second kappa shape index (κ2) is 4.12. The van der Waals surface area contributed by atoms with Crippen LogP contribution in [-0.4, -0.2) is 34.6 Å². The normalized spacial score (nSPS) is 26.1. The maximum Gasteiger partial charge on any atom is 0.222 e. The molecule has 3 nitrogen and oxygen atoms in total. The number of likely N-dealkylation sites (tertiary alicyclic amines) is 1. The van der Waals surface area contributed by atoms with Gasteiger partial charge < -0.3 is 10.0 Å². The van der Waals surface area contributed by atoms with Crippen molar-refractivity contribution >= 4 is 5.91 Å². The van der Waals surface area contributed by atoms with Crippen molar-refractivity contribution in [2.24, 2.45) is 5.92 Å². The standard InChI is InChI=1S/C12H21NO2/c1-12(15)5-7-13(8-6-12)11(14)9-10-3-2-4-10/h10,15H,2-9H2,1H3. The summed E-state index contributed by atoms with van der Waals surface area (Å²) < 4.78 is 0. The molecule has 1 saturated heterocycles. The molecule has 2 fully saturated rings. The number of nitrogens with zero attached hydrogens (tertiary/aromatic N) is 1. The first kappa shape index (κ1) is 10.9. The quantitative estimate of drug-likeness (QED) is 0.753. The van der Waals surface area contributed by atoms with Crippen LogP contribution in [0, 0.1) is 5.92 Å². The maximum absolute atomic E-state index is 11.9. The van der Waals surface area contributed by atoms with Crippen molar-refractivity contribution in [3.8, 4) is 0 Å². The van der Waals surface area contributed by atoms with E-state index in [-0.39, 0.29) is 0 Å². The van der Waals surface area contributed by atoms with E-state index in [0.717, 1.165) is 32.4 Å². The van der Waals surface area contributed by atoms with Gasteiger partial charge in [0.05, 0.1) is 5.60 Å². The molecule has 0 spiro atoms. The third-order valence-electron chi connectivity index (χ3n) is 3.88. The van der Waals surface area contributed by atoms with E-state index in [1.54, 1.807) is 0 Å². The van der Waals surface area contributed by atoms with Crippen LogP contribution in [0.1, 0.15) is 45.4 Å². The molecule has 0 atom stereocenters. The number of aliphatic hydroxyl groups is 1. The summed E-state index contributed by atoms with van der Waals surface area (Å²) in [4.78, 5) is 13.8. The van der Waals surface area contributed by atoms with Crippen LogP contribution in [0.3, 0.4) is 0 Å². The fraction of sp³-hybridized carbons (Fsp3) is 0.917. The molecule has 3 heteroatoms. The zero-order chi connectivity index (χ0) is 10.9. The topological polar surface area (TPSA) is 40.5 Å². The Morgan fingerprint density at radius 3 is 2.47 bits per heavy atom. The Labute approximate surface area is 91.5 Å². The van der Waals surface area contributed by atoms with E-state index < -0.39 is 5.60 Å². The summed E-state index contributed by atoms with van der Waals surface area (Å²) in [7, 11) is 0. The molecular formula is C12H21NO2. The Hall–Kier alpha value is -0.570. The van der Waals surface area contributed by atoms with E-state index >= 15 is 0 Å². The van der Waals surface area contributed by atoms with Crippen LogP contribution >= 0.6 is 0 Å². The molecule has 0 aromatic carbocycles. The Kier molecular flexibility index (Phi) is 3.01. The monoisotopic (exact) mass is 211 g/mol. The summed E-state index contributed by atoms with van der Waals surface area (Å²) in [6.45, 7) is 3.33. The Balaban J connectivity index is 1.76. The number of rotatable bonds is 2. The molecule has 2 rings (SSSR count). The molecule has 1 aliphatic carbocycles. The predicted molar refractivity (Wildman–Crippen MR) is 58.4 cm³/mol. The minimum Gasteiger partial charge on any atom is -0.390 e. The molecule has 1 N–H and O–H groups in total. The lowest BCUT2D eigenvalue weighted by Crippen LogP contribution is -2.45.